The van der Waals surface area contributed by atoms with Crippen molar-refractivity contribution in [3.8, 4) is 6.07 Å². The number of benzene rings is 2. The fraction of sp³-hybridized carbons (Fsp3) is 0.208. The number of nitrogens with one attached hydrogen (secondary N) is 2. The molecule has 0 unspecified atom stereocenters. The summed E-state index contributed by atoms with van der Waals surface area (Å²) >= 11 is 0. The van der Waals surface area contributed by atoms with Crippen molar-refractivity contribution in [2.24, 2.45) is 0 Å². The summed E-state index contributed by atoms with van der Waals surface area (Å²) in [6, 6.07) is 15.4. The summed E-state index contributed by atoms with van der Waals surface area (Å²) in [6.07, 6.45) is 1.59. The highest BCUT2D eigenvalue weighted by Gasteiger charge is 2.23. The summed E-state index contributed by atoms with van der Waals surface area (Å²) in [4.78, 5) is 18.5. The van der Waals surface area contributed by atoms with Gasteiger partial charge in [0, 0.05) is 30.4 Å². The zero-order valence-corrected chi connectivity index (χ0v) is 17.8. The number of carbonyl (C=O) groups excluding carboxylic acids is 1. The number of hydrogen-bond donors (Lipinski definition) is 2. The van der Waals surface area contributed by atoms with Crippen LogP contribution in [0.25, 0.3) is 0 Å². The highest BCUT2D eigenvalue weighted by molar-refractivity contribution is 5.94. The molecule has 0 spiro atoms. The van der Waals surface area contributed by atoms with E-state index in [1.54, 1.807) is 55.5 Å². The second kappa shape index (κ2) is 10.5. The van der Waals surface area contributed by atoms with Crippen LogP contribution in [0, 0.1) is 23.0 Å². The minimum Gasteiger partial charge on any atom is -0.365 e. The van der Waals surface area contributed by atoms with Crippen molar-refractivity contribution in [2.45, 2.75) is 12.6 Å². The third-order valence-electron chi connectivity index (χ3n) is 4.99. The fourth-order valence-electron chi connectivity index (χ4n) is 3.31. The number of rotatable bonds is 8. The first kappa shape index (κ1) is 22.8. The Balaban J connectivity index is 1.68. The molecule has 0 aliphatic heterocycles. The Morgan fingerprint density at radius 2 is 1.84 bits per heavy atom. The number of amides is 1. The molecule has 164 valence electrons. The van der Waals surface area contributed by atoms with Crippen LogP contribution in [0.3, 0.4) is 0 Å². The summed E-state index contributed by atoms with van der Waals surface area (Å²) in [6.45, 7) is 0.402. The number of halogens is 2. The summed E-state index contributed by atoms with van der Waals surface area (Å²) in [5, 5.41) is 15.0. The van der Waals surface area contributed by atoms with E-state index >= 15 is 0 Å². The van der Waals surface area contributed by atoms with Gasteiger partial charge in [-0.1, -0.05) is 18.2 Å². The third kappa shape index (κ3) is 5.45. The molecule has 1 atom stereocenters. The van der Waals surface area contributed by atoms with E-state index in [2.05, 4.69) is 21.7 Å². The van der Waals surface area contributed by atoms with Crippen LogP contribution in [0.2, 0.25) is 0 Å². The largest absolute Gasteiger partial charge is 0.365 e. The van der Waals surface area contributed by atoms with Gasteiger partial charge in [-0.3, -0.25) is 4.79 Å². The quantitative estimate of drug-likeness (QED) is 0.561. The lowest BCUT2D eigenvalue weighted by Gasteiger charge is -2.26. The van der Waals surface area contributed by atoms with E-state index in [0.29, 0.717) is 23.5 Å². The Hall–Kier alpha value is -3.83. The predicted molar refractivity (Wildman–Crippen MR) is 118 cm³/mol. The van der Waals surface area contributed by atoms with Crippen LogP contribution in [0.5, 0.6) is 0 Å². The lowest BCUT2D eigenvalue weighted by molar-refractivity contribution is 0.0940. The van der Waals surface area contributed by atoms with E-state index in [1.165, 1.54) is 18.2 Å². The molecule has 1 amide bonds. The summed E-state index contributed by atoms with van der Waals surface area (Å²) in [5.74, 6) is -1.20. The smallest absolute Gasteiger partial charge is 0.251 e. The van der Waals surface area contributed by atoms with Crippen LogP contribution < -0.4 is 10.6 Å². The van der Waals surface area contributed by atoms with Crippen molar-refractivity contribution >= 4 is 11.7 Å². The molecule has 6 nitrogen and oxygen atoms in total. The average molecular weight is 435 g/mol. The first-order chi connectivity index (χ1) is 15.4. The summed E-state index contributed by atoms with van der Waals surface area (Å²) in [7, 11) is 3.39. The van der Waals surface area contributed by atoms with Crippen LogP contribution in [0.15, 0.2) is 60.8 Å². The molecule has 0 bridgehead atoms. The number of nitriles is 1. The molecule has 3 rings (SSSR count). The van der Waals surface area contributed by atoms with Crippen LogP contribution >= 0.6 is 0 Å². The van der Waals surface area contributed by atoms with Crippen molar-refractivity contribution in [3.05, 3.63) is 94.7 Å². The number of hydrogen-bond acceptors (Lipinski definition) is 5. The number of aromatic nitrogens is 1. The maximum absolute atomic E-state index is 14.2. The Kier molecular flexibility index (Phi) is 7.47. The molecule has 3 aromatic rings. The maximum Gasteiger partial charge on any atom is 0.251 e. The lowest BCUT2D eigenvalue weighted by atomic mass is 10.0. The highest BCUT2D eigenvalue weighted by atomic mass is 19.1. The molecular formula is C24H23F2N5O. The Labute approximate surface area is 185 Å². The molecule has 0 aliphatic carbocycles. The van der Waals surface area contributed by atoms with Crippen LogP contribution in [-0.2, 0) is 6.54 Å². The van der Waals surface area contributed by atoms with Gasteiger partial charge >= 0.3 is 0 Å². The SMILES string of the molecule is CN(C)[C@H](CNC(=O)c1cccc(CNc2ncccc2C#N)c1)c1c(F)cccc1F. The van der Waals surface area contributed by atoms with Crippen LogP contribution in [0.4, 0.5) is 14.6 Å². The molecule has 0 saturated carbocycles. The fourth-order valence-corrected chi connectivity index (χ4v) is 3.31. The Bertz CT molecular complexity index is 1120. The zero-order valence-electron chi connectivity index (χ0n) is 17.8. The van der Waals surface area contributed by atoms with Gasteiger partial charge in [0.05, 0.1) is 11.6 Å². The zero-order chi connectivity index (χ0) is 23.1. The monoisotopic (exact) mass is 435 g/mol. The van der Waals surface area contributed by atoms with Crippen LogP contribution in [0.1, 0.15) is 33.1 Å². The number of carbonyl (C=O) groups is 1. The second-order valence-corrected chi connectivity index (χ2v) is 7.39. The summed E-state index contributed by atoms with van der Waals surface area (Å²) < 4.78 is 28.5. The van der Waals surface area contributed by atoms with E-state index in [-0.39, 0.29) is 18.0 Å². The Morgan fingerprint density at radius 1 is 1.12 bits per heavy atom. The molecule has 0 fully saturated rings. The van der Waals surface area contributed by atoms with Gasteiger partial charge < -0.3 is 15.5 Å². The van der Waals surface area contributed by atoms with Crippen molar-refractivity contribution < 1.29 is 13.6 Å². The van der Waals surface area contributed by atoms with Gasteiger partial charge in [-0.05, 0) is 56.1 Å². The van der Waals surface area contributed by atoms with Gasteiger partial charge in [0.15, 0.2) is 0 Å². The number of anilines is 1. The lowest BCUT2D eigenvalue weighted by Crippen LogP contribution is -2.35. The molecule has 0 aliphatic rings. The molecule has 2 aromatic carbocycles. The van der Waals surface area contributed by atoms with Crippen molar-refractivity contribution in [3.63, 3.8) is 0 Å². The van der Waals surface area contributed by atoms with Gasteiger partial charge in [-0.25, -0.2) is 13.8 Å². The van der Waals surface area contributed by atoms with Crippen molar-refractivity contribution in [2.75, 3.05) is 26.0 Å². The molecular weight excluding hydrogens is 412 g/mol. The minimum absolute atomic E-state index is 0.0334. The van der Waals surface area contributed by atoms with E-state index in [0.717, 1.165) is 5.56 Å². The second-order valence-electron chi connectivity index (χ2n) is 7.39. The van der Waals surface area contributed by atoms with Gasteiger partial charge in [0.1, 0.15) is 23.5 Å². The molecule has 1 aromatic heterocycles. The molecule has 32 heavy (non-hydrogen) atoms. The normalized spacial score (nSPS) is 11.6. The Morgan fingerprint density at radius 3 is 2.53 bits per heavy atom. The molecule has 1 heterocycles. The average Bonchev–Trinajstić information content (AvgIpc) is 2.79. The first-order valence-electron chi connectivity index (χ1n) is 9.97. The van der Waals surface area contributed by atoms with E-state index in [1.807, 2.05) is 6.07 Å². The van der Waals surface area contributed by atoms with Gasteiger partial charge in [-0.2, -0.15) is 5.26 Å². The van der Waals surface area contributed by atoms with Gasteiger partial charge in [0.2, 0.25) is 0 Å². The molecule has 2 N–H and O–H groups in total. The van der Waals surface area contributed by atoms with E-state index < -0.39 is 17.7 Å². The van der Waals surface area contributed by atoms with Gasteiger partial charge in [-0.15, -0.1) is 0 Å². The highest BCUT2D eigenvalue weighted by Crippen LogP contribution is 2.24. The topological polar surface area (TPSA) is 81.1 Å². The number of pyridine rings is 1. The van der Waals surface area contributed by atoms with E-state index in [4.69, 9.17) is 5.26 Å². The molecule has 0 saturated heterocycles. The van der Waals surface area contributed by atoms with Crippen molar-refractivity contribution in [1.29, 1.82) is 5.26 Å². The van der Waals surface area contributed by atoms with Crippen LogP contribution in [-0.4, -0.2) is 36.4 Å². The van der Waals surface area contributed by atoms with Crippen molar-refractivity contribution in [1.82, 2.24) is 15.2 Å². The first-order valence-corrected chi connectivity index (χ1v) is 9.97. The van der Waals surface area contributed by atoms with Gasteiger partial charge in [0.25, 0.3) is 5.91 Å². The number of nitrogens with zero attached hydrogens (tertiary/aromatic N) is 3. The molecule has 8 heteroatoms. The third-order valence-corrected chi connectivity index (χ3v) is 4.99. The molecule has 0 radical (unpaired) electrons. The number of likely N-dealkylation sites (N-methyl/N-ethyl adjacent to an activating group) is 1. The van der Waals surface area contributed by atoms with E-state index in [9.17, 15) is 13.6 Å². The minimum atomic E-state index is -0.668. The standard InChI is InChI=1S/C24H23F2N5O/c1-31(2)21(22-19(25)9-4-10-20(22)26)15-30-24(32)17-7-3-6-16(12-17)14-29-23-18(13-27)8-5-11-28-23/h3-12,21H,14-15H2,1-2H3,(H,28,29)(H,30,32)/t21-/m1/s1. The maximum atomic E-state index is 14.2. The predicted octanol–water partition coefficient (Wildman–Crippen LogP) is 3.88. The summed E-state index contributed by atoms with van der Waals surface area (Å²) in [5.41, 5.74) is 1.57.